The van der Waals surface area contributed by atoms with Gasteiger partial charge >= 0.3 is 0 Å². The number of rotatable bonds is 4. The molecular formula is C10H22N2O. The fourth-order valence-electron chi connectivity index (χ4n) is 1.01. The molecule has 1 atom stereocenters. The van der Waals surface area contributed by atoms with Crippen LogP contribution in [0.2, 0.25) is 0 Å². The Morgan fingerprint density at radius 3 is 2.15 bits per heavy atom. The van der Waals surface area contributed by atoms with Crippen LogP contribution < -0.4 is 11.1 Å². The van der Waals surface area contributed by atoms with Crippen LogP contribution in [0.5, 0.6) is 0 Å². The Bertz CT molecular complexity index is 170. The molecular weight excluding hydrogens is 164 g/mol. The lowest BCUT2D eigenvalue weighted by molar-refractivity contribution is -0.127. The van der Waals surface area contributed by atoms with Gasteiger partial charge in [0.1, 0.15) is 0 Å². The van der Waals surface area contributed by atoms with Gasteiger partial charge in [0, 0.05) is 18.0 Å². The molecule has 0 aromatic carbocycles. The second-order valence-electron chi connectivity index (χ2n) is 4.78. The zero-order valence-electron chi connectivity index (χ0n) is 9.35. The molecule has 3 heteroatoms. The smallest absolute Gasteiger partial charge is 0.156 e. The van der Waals surface area contributed by atoms with Crippen molar-refractivity contribution in [2.45, 2.75) is 46.7 Å². The van der Waals surface area contributed by atoms with Crippen molar-refractivity contribution < 1.29 is 4.79 Å². The van der Waals surface area contributed by atoms with E-state index in [1.165, 1.54) is 0 Å². The van der Waals surface area contributed by atoms with E-state index in [4.69, 9.17) is 5.73 Å². The minimum Gasteiger partial charge on any atom is -0.320 e. The van der Waals surface area contributed by atoms with Crippen LogP contribution in [-0.4, -0.2) is 24.4 Å². The van der Waals surface area contributed by atoms with Crippen LogP contribution in [0.15, 0.2) is 0 Å². The van der Waals surface area contributed by atoms with Gasteiger partial charge in [-0.05, 0) is 0 Å². The van der Waals surface area contributed by atoms with Gasteiger partial charge in [-0.1, -0.05) is 34.6 Å². The van der Waals surface area contributed by atoms with Crippen LogP contribution in [0.3, 0.4) is 0 Å². The summed E-state index contributed by atoms with van der Waals surface area (Å²) >= 11 is 0. The number of carbonyl (C=O) groups is 1. The summed E-state index contributed by atoms with van der Waals surface area (Å²) in [7, 11) is 0. The predicted molar refractivity (Wildman–Crippen MR) is 55.6 cm³/mol. The van der Waals surface area contributed by atoms with Gasteiger partial charge in [0.25, 0.3) is 0 Å². The highest BCUT2D eigenvalue weighted by atomic mass is 16.1. The number of hydrogen-bond acceptors (Lipinski definition) is 3. The van der Waals surface area contributed by atoms with Gasteiger partial charge in [0.05, 0.1) is 6.04 Å². The summed E-state index contributed by atoms with van der Waals surface area (Å²) in [5, 5.41) is 3.15. The highest BCUT2D eigenvalue weighted by Crippen LogP contribution is 2.15. The van der Waals surface area contributed by atoms with Crippen LogP contribution >= 0.6 is 0 Å². The van der Waals surface area contributed by atoms with E-state index < -0.39 is 0 Å². The fraction of sp³-hybridized carbons (Fsp3) is 0.900. The van der Waals surface area contributed by atoms with Gasteiger partial charge in [-0.2, -0.15) is 0 Å². The highest BCUT2D eigenvalue weighted by molar-refractivity contribution is 5.88. The Labute approximate surface area is 81.1 Å². The maximum absolute atomic E-state index is 11.6. The lowest BCUT2D eigenvalue weighted by Crippen LogP contribution is -2.46. The number of Topliss-reactive ketones (excluding diaryl/α,β-unsaturated/α-hetero) is 1. The van der Waals surface area contributed by atoms with Crippen molar-refractivity contribution in [3.05, 3.63) is 0 Å². The SMILES string of the molecule is CC(C)NC[C@H](N)C(=O)C(C)(C)C. The standard InChI is InChI=1S/C10H22N2O/c1-7(2)12-6-8(11)9(13)10(3,4)5/h7-8,12H,6,11H2,1-5H3/t8-/m0/s1. The molecule has 0 fully saturated rings. The van der Waals surface area contributed by atoms with Crippen molar-refractivity contribution in [1.29, 1.82) is 0 Å². The molecule has 3 N–H and O–H groups in total. The second-order valence-corrected chi connectivity index (χ2v) is 4.78. The van der Waals surface area contributed by atoms with E-state index in [9.17, 15) is 4.79 Å². The molecule has 0 heterocycles. The molecule has 0 spiro atoms. The van der Waals surface area contributed by atoms with Gasteiger partial charge in [-0.3, -0.25) is 4.79 Å². The third-order valence-corrected chi connectivity index (χ3v) is 1.82. The van der Waals surface area contributed by atoms with Gasteiger partial charge in [0.15, 0.2) is 5.78 Å². The Morgan fingerprint density at radius 1 is 1.38 bits per heavy atom. The monoisotopic (exact) mass is 186 g/mol. The quantitative estimate of drug-likeness (QED) is 0.686. The molecule has 0 saturated carbocycles. The van der Waals surface area contributed by atoms with E-state index in [1.807, 2.05) is 34.6 Å². The minimum atomic E-state index is -0.387. The Morgan fingerprint density at radius 2 is 1.85 bits per heavy atom. The number of ketones is 1. The summed E-state index contributed by atoms with van der Waals surface area (Å²) in [5.41, 5.74) is 5.40. The van der Waals surface area contributed by atoms with Crippen LogP contribution in [0.1, 0.15) is 34.6 Å². The van der Waals surface area contributed by atoms with Crippen molar-refractivity contribution in [2.75, 3.05) is 6.54 Å². The summed E-state index contributed by atoms with van der Waals surface area (Å²) < 4.78 is 0. The lowest BCUT2D eigenvalue weighted by atomic mass is 9.87. The van der Waals surface area contributed by atoms with E-state index in [-0.39, 0.29) is 17.2 Å². The molecule has 3 nitrogen and oxygen atoms in total. The number of nitrogens with one attached hydrogen (secondary N) is 1. The molecule has 0 rings (SSSR count). The highest BCUT2D eigenvalue weighted by Gasteiger charge is 2.26. The largest absolute Gasteiger partial charge is 0.320 e. The summed E-state index contributed by atoms with van der Waals surface area (Å²) in [6.07, 6.45) is 0. The third-order valence-electron chi connectivity index (χ3n) is 1.82. The Balaban J connectivity index is 3.98. The summed E-state index contributed by atoms with van der Waals surface area (Å²) in [4.78, 5) is 11.6. The number of carbonyl (C=O) groups excluding carboxylic acids is 1. The Hall–Kier alpha value is -0.410. The topological polar surface area (TPSA) is 55.1 Å². The molecule has 13 heavy (non-hydrogen) atoms. The van der Waals surface area contributed by atoms with E-state index in [2.05, 4.69) is 5.32 Å². The third kappa shape index (κ3) is 5.01. The van der Waals surface area contributed by atoms with Gasteiger partial charge < -0.3 is 11.1 Å². The van der Waals surface area contributed by atoms with Crippen molar-refractivity contribution in [3.63, 3.8) is 0 Å². The Kier molecular flexibility index (Phi) is 4.57. The van der Waals surface area contributed by atoms with Gasteiger partial charge in [-0.25, -0.2) is 0 Å². The molecule has 0 aliphatic heterocycles. The first kappa shape index (κ1) is 12.6. The molecule has 0 bridgehead atoms. The second kappa shape index (κ2) is 4.72. The molecule has 0 amide bonds. The summed E-state index contributed by atoms with van der Waals surface area (Å²) in [6.45, 7) is 10.3. The molecule has 78 valence electrons. The minimum absolute atomic E-state index is 0.112. The first-order valence-corrected chi connectivity index (χ1v) is 4.78. The molecule has 0 radical (unpaired) electrons. The van der Waals surface area contributed by atoms with Crippen molar-refractivity contribution in [3.8, 4) is 0 Å². The number of nitrogens with two attached hydrogens (primary N) is 1. The average Bonchev–Trinajstić information content (AvgIpc) is 1.96. The normalized spacial score (nSPS) is 14.7. The van der Waals surface area contributed by atoms with Crippen LogP contribution in [0.4, 0.5) is 0 Å². The molecule has 0 aliphatic rings. The first-order valence-electron chi connectivity index (χ1n) is 4.78. The molecule has 0 saturated heterocycles. The molecule has 0 aromatic heterocycles. The molecule has 0 aliphatic carbocycles. The van der Waals surface area contributed by atoms with E-state index in [1.54, 1.807) is 0 Å². The van der Waals surface area contributed by atoms with E-state index in [0.717, 1.165) is 0 Å². The van der Waals surface area contributed by atoms with Crippen molar-refractivity contribution in [2.24, 2.45) is 11.1 Å². The van der Waals surface area contributed by atoms with Crippen LogP contribution in [0.25, 0.3) is 0 Å². The van der Waals surface area contributed by atoms with Crippen molar-refractivity contribution in [1.82, 2.24) is 5.32 Å². The van der Waals surface area contributed by atoms with Crippen molar-refractivity contribution >= 4 is 5.78 Å². The average molecular weight is 186 g/mol. The zero-order chi connectivity index (χ0) is 10.6. The maximum atomic E-state index is 11.6. The zero-order valence-corrected chi connectivity index (χ0v) is 9.35. The van der Waals surface area contributed by atoms with E-state index in [0.29, 0.717) is 12.6 Å². The van der Waals surface area contributed by atoms with Gasteiger partial charge in [0.2, 0.25) is 0 Å². The maximum Gasteiger partial charge on any atom is 0.156 e. The number of hydrogen-bond donors (Lipinski definition) is 2. The molecule has 0 aromatic rings. The fourth-order valence-corrected chi connectivity index (χ4v) is 1.01. The first-order chi connectivity index (χ1) is 5.75. The lowest BCUT2D eigenvalue weighted by Gasteiger charge is -2.22. The molecule has 0 unspecified atom stereocenters. The predicted octanol–water partition coefficient (Wildman–Crippen LogP) is 0.927. The summed E-state index contributed by atoms with van der Waals surface area (Å²) in [5.74, 6) is 0.112. The van der Waals surface area contributed by atoms with Gasteiger partial charge in [-0.15, -0.1) is 0 Å². The van der Waals surface area contributed by atoms with E-state index >= 15 is 0 Å². The van der Waals surface area contributed by atoms with Crippen LogP contribution in [0, 0.1) is 5.41 Å². The van der Waals surface area contributed by atoms with Crippen LogP contribution in [-0.2, 0) is 4.79 Å². The summed E-state index contributed by atoms with van der Waals surface area (Å²) in [6, 6.07) is -0.0128.